The molecule has 0 spiro atoms. The number of hydrogen-bond acceptors (Lipinski definition) is 4. The van der Waals surface area contributed by atoms with Crippen LogP contribution in [0.2, 0.25) is 0 Å². The first-order chi connectivity index (χ1) is 7.98. The summed E-state index contributed by atoms with van der Waals surface area (Å²) in [7, 11) is 0. The number of nitrogens with zero attached hydrogens (tertiary/aromatic N) is 2. The van der Waals surface area contributed by atoms with Crippen molar-refractivity contribution in [1.82, 2.24) is 10.3 Å². The van der Waals surface area contributed by atoms with Gasteiger partial charge in [0.25, 0.3) is 0 Å². The normalized spacial score (nSPS) is 21.6. The molecular formula is C10H13F3N4. The van der Waals surface area contributed by atoms with Gasteiger partial charge in [0.15, 0.2) is 0 Å². The van der Waals surface area contributed by atoms with Gasteiger partial charge < -0.3 is 16.0 Å². The monoisotopic (exact) mass is 246 g/mol. The zero-order valence-electron chi connectivity index (χ0n) is 9.04. The zero-order valence-corrected chi connectivity index (χ0v) is 9.04. The topological polar surface area (TPSA) is 54.2 Å². The molecule has 1 atom stereocenters. The summed E-state index contributed by atoms with van der Waals surface area (Å²) in [5.74, 6) is 0.299. The molecule has 4 nitrogen and oxygen atoms in total. The Labute approximate surface area is 96.6 Å². The minimum Gasteiger partial charge on any atom is -0.384 e. The van der Waals surface area contributed by atoms with Crippen LogP contribution in [-0.2, 0) is 0 Å². The van der Waals surface area contributed by atoms with Crippen LogP contribution in [0.4, 0.5) is 24.7 Å². The Kier molecular flexibility index (Phi) is 3.10. The summed E-state index contributed by atoms with van der Waals surface area (Å²) in [6, 6.07) is 1.55. The SMILES string of the molecule is Nc1ccc(N2CCNC[C@H]2C(F)(F)F)cn1. The number of pyridine rings is 1. The van der Waals surface area contributed by atoms with E-state index < -0.39 is 12.2 Å². The van der Waals surface area contributed by atoms with Crippen LogP contribution in [0, 0.1) is 0 Å². The van der Waals surface area contributed by atoms with Gasteiger partial charge in [0.05, 0.1) is 11.9 Å². The third kappa shape index (κ3) is 2.60. The largest absolute Gasteiger partial charge is 0.409 e. The van der Waals surface area contributed by atoms with E-state index in [-0.39, 0.29) is 6.54 Å². The van der Waals surface area contributed by atoms with Crippen LogP contribution in [0.3, 0.4) is 0 Å². The smallest absolute Gasteiger partial charge is 0.384 e. The van der Waals surface area contributed by atoms with Gasteiger partial charge >= 0.3 is 6.18 Å². The Hall–Kier alpha value is -1.50. The molecule has 17 heavy (non-hydrogen) atoms. The van der Waals surface area contributed by atoms with Crippen LogP contribution in [0.5, 0.6) is 0 Å². The van der Waals surface area contributed by atoms with Crippen molar-refractivity contribution in [2.75, 3.05) is 30.3 Å². The number of aromatic nitrogens is 1. The first kappa shape index (κ1) is 12.0. The lowest BCUT2D eigenvalue weighted by Crippen LogP contribution is -2.58. The zero-order chi connectivity index (χ0) is 12.5. The lowest BCUT2D eigenvalue weighted by atomic mass is 10.1. The van der Waals surface area contributed by atoms with Gasteiger partial charge in [-0.15, -0.1) is 0 Å². The minimum absolute atomic E-state index is 0.103. The third-order valence-electron chi connectivity index (χ3n) is 2.72. The average Bonchev–Trinajstić information content (AvgIpc) is 2.29. The molecule has 94 valence electrons. The number of alkyl halides is 3. The van der Waals surface area contributed by atoms with Crippen LogP contribution in [0.25, 0.3) is 0 Å². The molecule has 7 heteroatoms. The standard InChI is InChI=1S/C10H13F3N4/c11-10(12,13)8-6-15-3-4-17(8)7-1-2-9(14)16-5-7/h1-2,5,8,15H,3-4,6H2,(H2,14,16)/t8-/m0/s1. The summed E-state index contributed by atoms with van der Waals surface area (Å²) in [5, 5.41) is 2.75. The van der Waals surface area contributed by atoms with Gasteiger partial charge in [0.1, 0.15) is 11.9 Å². The van der Waals surface area contributed by atoms with E-state index in [9.17, 15) is 13.2 Å². The number of nitrogen functional groups attached to an aromatic ring is 1. The summed E-state index contributed by atoms with van der Waals surface area (Å²) >= 11 is 0. The van der Waals surface area contributed by atoms with Crippen molar-refractivity contribution >= 4 is 11.5 Å². The molecule has 0 saturated carbocycles. The van der Waals surface area contributed by atoms with E-state index in [1.165, 1.54) is 17.2 Å². The van der Waals surface area contributed by atoms with E-state index in [1.807, 2.05) is 0 Å². The molecular weight excluding hydrogens is 233 g/mol. The van der Waals surface area contributed by atoms with E-state index in [0.29, 0.717) is 24.6 Å². The molecule has 1 aromatic heterocycles. The summed E-state index contributed by atoms with van der Waals surface area (Å²) in [6.45, 7) is 0.723. The number of hydrogen-bond donors (Lipinski definition) is 2. The van der Waals surface area contributed by atoms with Crippen molar-refractivity contribution in [1.29, 1.82) is 0 Å². The maximum absolute atomic E-state index is 12.8. The van der Waals surface area contributed by atoms with Crippen molar-refractivity contribution in [2.24, 2.45) is 0 Å². The van der Waals surface area contributed by atoms with E-state index in [1.54, 1.807) is 6.07 Å². The molecule has 0 bridgehead atoms. The molecule has 1 aliphatic heterocycles. The van der Waals surface area contributed by atoms with Gasteiger partial charge in [-0.3, -0.25) is 0 Å². The highest BCUT2D eigenvalue weighted by Crippen LogP contribution is 2.29. The van der Waals surface area contributed by atoms with Crippen LogP contribution >= 0.6 is 0 Å². The summed E-state index contributed by atoms with van der Waals surface area (Å²) in [4.78, 5) is 5.13. The molecule has 2 heterocycles. The molecule has 1 aliphatic rings. The fraction of sp³-hybridized carbons (Fsp3) is 0.500. The fourth-order valence-corrected chi connectivity index (χ4v) is 1.87. The van der Waals surface area contributed by atoms with E-state index in [0.717, 1.165) is 0 Å². The van der Waals surface area contributed by atoms with Crippen LogP contribution < -0.4 is 16.0 Å². The molecule has 1 saturated heterocycles. The second-order valence-electron chi connectivity index (χ2n) is 3.90. The average molecular weight is 246 g/mol. The first-order valence-corrected chi connectivity index (χ1v) is 5.24. The maximum Gasteiger partial charge on any atom is 0.409 e. The van der Waals surface area contributed by atoms with Crippen LogP contribution in [0.1, 0.15) is 0 Å². The molecule has 2 rings (SSSR count). The number of halogens is 3. The molecule has 0 amide bonds. The van der Waals surface area contributed by atoms with E-state index in [2.05, 4.69) is 10.3 Å². The highest BCUT2D eigenvalue weighted by atomic mass is 19.4. The highest BCUT2D eigenvalue weighted by Gasteiger charge is 2.44. The fourth-order valence-electron chi connectivity index (χ4n) is 1.87. The molecule has 1 aromatic rings. The lowest BCUT2D eigenvalue weighted by Gasteiger charge is -2.38. The first-order valence-electron chi connectivity index (χ1n) is 5.24. The van der Waals surface area contributed by atoms with Gasteiger partial charge in [-0.25, -0.2) is 4.98 Å². The Balaban J connectivity index is 2.25. The number of piperazine rings is 1. The second-order valence-corrected chi connectivity index (χ2v) is 3.90. The maximum atomic E-state index is 12.8. The summed E-state index contributed by atoms with van der Waals surface area (Å²) < 4.78 is 38.5. The predicted molar refractivity (Wildman–Crippen MR) is 58.7 cm³/mol. The number of nitrogens with one attached hydrogen (secondary N) is 1. The van der Waals surface area contributed by atoms with Gasteiger partial charge in [-0.2, -0.15) is 13.2 Å². The van der Waals surface area contributed by atoms with E-state index >= 15 is 0 Å². The lowest BCUT2D eigenvalue weighted by molar-refractivity contribution is -0.149. The number of nitrogens with two attached hydrogens (primary N) is 1. The quantitative estimate of drug-likeness (QED) is 0.776. The van der Waals surface area contributed by atoms with Gasteiger partial charge in [-0.05, 0) is 12.1 Å². The molecule has 0 unspecified atom stereocenters. The minimum atomic E-state index is -4.26. The molecule has 0 aliphatic carbocycles. The Bertz CT molecular complexity index is 376. The number of anilines is 2. The highest BCUT2D eigenvalue weighted by molar-refractivity contribution is 5.49. The second kappa shape index (κ2) is 4.40. The van der Waals surface area contributed by atoms with Crippen molar-refractivity contribution < 1.29 is 13.2 Å². The van der Waals surface area contributed by atoms with Gasteiger partial charge in [-0.1, -0.05) is 0 Å². The van der Waals surface area contributed by atoms with Crippen molar-refractivity contribution in [3.05, 3.63) is 18.3 Å². The predicted octanol–water partition coefficient (Wildman–Crippen LogP) is 1.00. The van der Waals surface area contributed by atoms with Crippen molar-refractivity contribution in [3.63, 3.8) is 0 Å². The Morgan fingerprint density at radius 3 is 2.76 bits per heavy atom. The Morgan fingerprint density at radius 1 is 1.41 bits per heavy atom. The van der Waals surface area contributed by atoms with Gasteiger partial charge in [0, 0.05) is 19.6 Å². The van der Waals surface area contributed by atoms with Gasteiger partial charge in [0.2, 0.25) is 0 Å². The molecule has 1 fully saturated rings. The van der Waals surface area contributed by atoms with Crippen molar-refractivity contribution in [3.8, 4) is 0 Å². The van der Waals surface area contributed by atoms with Crippen molar-refractivity contribution in [2.45, 2.75) is 12.2 Å². The summed E-state index contributed by atoms with van der Waals surface area (Å²) in [6.07, 6.45) is -2.88. The Morgan fingerprint density at radius 2 is 2.18 bits per heavy atom. The van der Waals surface area contributed by atoms with Crippen LogP contribution in [0.15, 0.2) is 18.3 Å². The van der Waals surface area contributed by atoms with Crippen LogP contribution in [-0.4, -0.2) is 36.8 Å². The molecule has 0 radical (unpaired) electrons. The van der Waals surface area contributed by atoms with E-state index in [4.69, 9.17) is 5.73 Å². The summed E-state index contributed by atoms with van der Waals surface area (Å²) in [5.41, 5.74) is 5.86. The molecule has 3 N–H and O–H groups in total. The molecule has 0 aromatic carbocycles. The number of rotatable bonds is 1. The third-order valence-corrected chi connectivity index (χ3v) is 2.72.